The Bertz CT molecular complexity index is 522. The number of hydrogen-bond acceptors (Lipinski definition) is 5. The summed E-state index contributed by atoms with van der Waals surface area (Å²) in [6, 6.07) is 7.90. The van der Waals surface area contributed by atoms with Crippen molar-refractivity contribution < 1.29 is 9.26 Å². The lowest BCUT2D eigenvalue weighted by Crippen LogP contribution is -2.00. The standard InChI is InChI=1S/C15H21N3O2/c1-11(12-5-7-13(16)8-6-12)10-15-17-14(18-20-15)4-3-9-19-2/h5-8,11H,3-4,9-10,16H2,1-2H3. The molecule has 2 aromatic rings. The second kappa shape index (κ2) is 7.05. The second-order valence-electron chi connectivity index (χ2n) is 4.97. The molecule has 1 aromatic heterocycles. The van der Waals surface area contributed by atoms with Crippen LogP contribution in [0.25, 0.3) is 0 Å². The molecule has 5 heteroatoms. The van der Waals surface area contributed by atoms with Gasteiger partial charge in [0.1, 0.15) is 0 Å². The predicted molar refractivity (Wildman–Crippen MR) is 77.5 cm³/mol. The number of aryl methyl sites for hydroxylation is 1. The lowest BCUT2D eigenvalue weighted by Gasteiger charge is -2.09. The monoisotopic (exact) mass is 275 g/mol. The van der Waals surface area contributed by atoms with Crippen molar-refractivity contribution in [3.05, 3.63) is 41.5 Å². The molecule has 0 spiro atoms. The number of aromatic nitrogens is 2. The van der Waals surface area contributed by atoms with E-state index < -0.39 is 0 Å². The molecule has 0 saturated heterocycles. The summed E-state index contributed by atoms with van der Waals surface area (Å²) in [5.74, 6) is 1.76. The fourth-order valence-corrected chi connectivity index (χ4v) is 2.05. The molecule has 0 fully saturated rings. The molecule has 1 aromatic carbocycles. The number of nitrogens with two attached hydrogens (primary N) is 1. The van der Waals surface area contributed by atoms with Gasteiger partial charge < -0.3 is 15.0 Å². The molecule has 0 radical (unpaired) electrons. The van der Waals surface area contributed by atoms with E-state index in [1.165, 1.54) is 5.56 Å². The average Bonchev–Trinajstić information content (AvgIpc) is 2.87. The molecule has 1 heterocycles. The Kier molecular flexibility index (Phi) is 5.12. The zero-order valence-electron chi connectivity index (χ0n) is 12.0. The molecule has 2 rings (SSSR count). The summed E-state index contributed by atoms with van der Waals surface area (Å²) in [5, 5.41) is 3.99. The summed E-state index contributed by atoms with van der Waals surface area (Å²) >= 11 is 0. The number of benzene rings is 1. The minimum atomic E-state index is 0.322. The van der Waals surface area contributed by atoms with Crippen LogP contribution in [0, 0.1) is 0 Å². The van der Waals surface area contributed by atoms with Crippen LogP contribution in [-0.2, 0) is 17.6 Å². The van der Waals surface area contributed by atoms with Gasteiger partial charge in [-0.25, -0.2) is 0 Å². The second-order valence-corrected chi connectivity index (χ2v) is 4.97. The lowest BCUT2D eigenvalue weighted by atomic mass is 9.98. The maximum atomic E-state index is 5.69. The molecule has 108 valence electrons. The van der Waals surface area contributed by atoms with Gasteiger partial charge in [0.05, 0.1) is 0 Å². The minimum Gasteiger partial charge on any atom is -0.399 e. The van der Waals surface area contributed by atoms with E-state index >= 15 is 0 Å². The van der Waals surface area contributed by atoms with Crippen molar-refractivity contribution >= 4 is 5.69 Å². The van der Waals surface area contributed by atoms with Crippen molar-refractivity contribution in [3.63, 3.8) is 0 Å². The SMILES string of the molecule is COCCCc1noc(CC(C)c2ccc(N)cc2)n1. The van der Waals surface area contributed by atoms with E-state index in [1.54, 1.807) is 7.11 Å². The Hall–Kier alpha value is -1.88. The molecule has 2 N–H and O–H groups in total. The summed E-state index contributed by atoms with van der Waals surface area (Å²) < 4.78 is 10.3. The first-order chi connectivity index (χ1) is 9.69. The number of hydrogen-bond donors (Lipinski definition) is 1. The van der Waals surface area contributed by atoms with Gasteiger partial charge in [-0.05, 0) is 30.0 Å². The quantitative estimate of drug-likeness (QED) is 0.621. The number of rotatable bonds is 7. The highest BCUT2D eigenvalue weighted by Gasteiger charge is 2.12. The highest BCUT2D eigenvalue weighted by atomic mass is 16.5. The van der Waals surface area contributed by atoms with Gasteiger partial charge >= 0.3 is 0 Å². The van der Waals surface area contributed by atoms with E-state index in [-0.39, 0.29) is 0 Å². The zero-order valence-corrected chi connectivity index (χ0v) is 12.0. The largest absolute Gasteiger partial charge is 0.399 e. The van der Waals surface area contributed by atoms with E-state index in [0.29, 0.717) is 18.4 Å². The summed E-state index contributed by atoms with van der Waals surface area (Å²) in [6.45, 7) is 2.85. The molecular formula is C15H21N3O2. The molecule has 0 aliphatic rings. The van der Waals surface area contributed by atoms with Crippen LogP contribution in [0.2, 0.25) is 0 Å². The summed E-state index contributed by atoms with van der Waals surface area (Å²) in [5.41, 5.74) is 7.69. The van der Waals surface area contributed by atoms with E-state index in [0.717, 1.165) is 30.8 Å². The Morgan fingerprint density at radius 1 is 1.30 bits per heavy atom. The van der Waals surface area contributed by atoms with Crippen LogP contribution in [0.1, 0.15) is 36.5 Å². The van der Waals surface area contributed by atoms with Crippen LogP contribution in [0.3, 0.4) is 0 Å². The highest BCUT2D eigenvalue weighted by molar-refractivity contribution is 5.40. The van der Waals surface area contributed by atoms with Crippen LogP contribution in [0.5, 0.6) is 0 Å². The summed E-state index contributed by atoms with van der Waals surface area (Å²) in [6.07, 6.45) is 2.43. The Morgan fingerprint density at radius 2 is 2.05 bits per heavy atom. The fraction of sp³-hybridized carbons (Fsp3) is 0.467. The third kappa shape index (κ3) is 4.06. The number of methoxy groups -OCH3 is 1. The number of ether oxygens (including phenoxy) is 1. The maximum Gasteiger partial charge on any atom is 0.227 e. The first kappa shape index (κ1) is 14.5. The average molecular weight is 275 g/mol. The van der Waals surface area contributed by atoms with Gasteiger partial charge in [-0.1, -0.05) is 24.2 Å². The molecule has 0 aliphatic heterocycles. The van der Waals surface area contributed by atoms with Gasteiger partial charge in [0.2, 0.25) is 5.89 Å². The molecule has 0 saturated carbocycles. The first-order valence-corrected chi connectivity index (χ1v) is 6.85. The van der Waals surface area contributed by atoms with Crippen LogP contribution < -0.4 is 5.73 Å². The van der Waals surface area contributed by atoms with E-state index in [1.807, 2.05) is 24.3 Å². The summed E-state index contributed by atoms with van der Waals surface area (Å²) in [4.78, 5) is 4.41. The van der Waals surface area contributed by atoms with Crippen LogP contribution in [0.15, 0.2) is 28.8 Å². The first-order valence-electron chi connectivity index (χ1n) is 6.85. The molecule has 20 heavy (non-hydrogen) atoms. The van der Waals surface area contributed by atoms with E-state index in [4.69, 9.17) is 15.0 Å². The van der Waals surface area contributed by atoms with Crippen LogP contribution in [-0.4, -0.2) is 23.9 Å². The molecule has 0 aliphatic carbocycles. The third-order valence-corrected chi connectivity index (χ3v) is 3.25. The van der Waals surface area contributed by atoms with Crippen molar-refractivity contribution in [1.29, 1.82) is 0 Å². The molecule has 1 unspecified atom stereocenters. The topological polar surface area (TPSA) is 74.2 Å². The van der Waals surface area contributed by atoms with Gasteiger partial charge in [0, 0.05) is 32.2 Å². The van der Waals surface area contributed by atoms with Crippen LogP contribution >= 0.6 is 0 Å². The lowest BCUT2D eigenvalue weighted by molar-refractivity contribution is 0.194. The fourth-order valence-electron chi connectivity index (χ4n) is 2.05. The van der Waals surface area contributed by atoms with Crippen molar-refractivity contribution in [2.75, 3.05) is 19.5 Å². The zero-order chi connectivity index (χ0) is 14.4. The minimum absolute atomic E-state index is 0.322. The molecule has 0 amide bonds. The van der Waals surface area contributed by atoms with Crippen molar-refractivity contribution in [3.8, 4) is 0 Å². The normalized spacial score (nSPS) is 12.5. The molecule has 5 nitrogen and oxygen atoms in total. The van der Waals surface area contributed by atoms with Crippen molar-refractivity contribution in [1.82, 2.24) is 10.1 Å². The smallest absolute Gasteiger partial charge is 0.227 e. The Labute approximate surface area is 119 Å². The molecule has 1 atom stereocenters. The van der Waals surface area contributed by atoms with Crippen LogP contribution in [0.4, 0.5) is 5.69 Å². The highest BCUT2D eigenvalue weighted by Crippen LogP contribution is 2.20. The van der Waals surface area contributed by atoms with E-state index in [9.17, 15) is 0 Å². The molecule has 0 bridgehead atoms. The number of nitrogen functional groups attached to an aromatic ring is 1. The summed E-state index contributed by atoms with van der Waals surface area (Å²) in [7, 11) is 1.69. The Morgan fingerprint density at radius 3 is 2.75 bits per heavy atom. The Balaban J connectivity index is 1.91. The van der Waals surface area contributed by atoms with E-state index in [2.05, 4.69) is 17.1 Å². The van der Waals surface area contributed by atoms with Gasteiger partial charge in [0.15, 0.2) is 5.82 Å². The van der Waals surface area contributed by atoms with Gasteiger partial charge in [-0.2, -0.15) is 4.98 Å². The third-order valence-electron chi connectivity index (χ3n) is 3.25. The number of nitrogens with zero attached hydrogens (tertiary/aromatic N) is 2. The van der Waals surface area contributed by atoms with Gasteiger partial charge in [-0.3, -0.25) is 0 Å². The van der Waals surface area contributed by atoms with Crippen molar-refractivity contribution in [2.45, 2.75) is 32.1 Å². The van der Waals surface area contributed by atoms with Gasteiger partial charge in [-0.15, -0.1) is 0 Å². The predicted octanol–water partition coefficient (Wildman–Crippen LogP) is 2.58. The maximum absolute atomic E-state index is 5.69. The van der Waals surface area contributed by atoms with Gasteiger partial charge in [0.25, 0.3) is 0 Å². The molecular weight excluding hydrogens is 254 g/mol. The van der Waals surface area contributed by atoms with Crippen molar-refractivity contribution in [2.24, 2.45) is 0 Å². The number of anilines is 1.